The Morgan fingerprint density at radius 1 is 1.31 bits per heavy atom. The largest absolute Gasteiger partial charge is 0.394 e. The molecule has 0 amide bonds. The van der Waals surface area contributed by atoms with E-state index in [0.717, 1.165) is 25.7 Å². The van der Waals surface area contributed by atoms with Crippen LogP contribution in [0.2, 0.25) is 0 Å². The summed E-state index contributed by atoms with van der Waals surface area (Å²) >= 11 is 0. The lowest BCUT2D eigenvalue weighted by Crippen LogP contribution is -2.45. The Balaban J connectivity index is 2.18. The lowest BCUT2D eigenvalue weighted by molar-refractivity contribution is 0.0626. The van der Waals surface area contributed by atoms with E-state index in [1.807, 2.05) is 0 Å². The van der Waals surface area contributed by atoms with Crippen LogP contribution in [0.4, 0.5) is 0 Å². The molecule has 1 aliphatic rings. The Hall–Kier alpha value is -0.160. The SMILES string of the molecule is OCC(O)CN[C@@H]1CCCC[C@H]1O. The first-order valence-corrected chi connectivity index (χ1v) is 4.94. The van der Waals surface area contributed by atoms with Crippen molar-refractivity contribution in [3.8, 4) is 0 Å². The topological polar surface area (TPSA) is 72.7 Å². The van der Waals surface area contributed by atoms with Crippen LogP contribution in [0.3, 0.4) is 0 Å². The fourth-order valence-corrected chi connectivity index (χ4v) is 1.70. The predicted molar refractivity (Wildman–Crippen MR) is 49.4 cm³/mol. The molecule has 4 nitrogen and oxygen atoms in total. The van der Waals surface area contributed by atoms with Gasteiger partial charge in [-0.05, 0) is 12.8 Å². The van der Waals surface area contributed by atoms with Crippen molar-refractivity contribution in [3.63, 3.8) is 0 Å². The molecule has 13 heavy (non-hydrogen) atoms. The van der Waals surface area contributed by atoms with Gasteiger partial charge in [0.15, 0.2) is 0 Å². The molecule has 3 atom stereocenters. The van der Waals surface area contributed by atoms with E-state index in [1.165, 1.54) is 0 Å². The number of rotatable bonds is 4. The van der Waals surface area contributed by atoms with Gasteiger partial charge in [0.05, 0.1) is 18.8 Å². The van der Waals surface area contributed by atoms with Crippen LogP contribution >= 0.6 is 0 Å². The maximum atomic E-state index is 9.55. The molecule has 78 valence electrons. The van der Waals surface area contributed by atoms with E-state index in [2.05, 4.69) is 5.32 Å². The van der Waals surface area contributed by atoms with Gasteiger partial charge in [-0.25, -0.2) is 0 Å². The van der Waals surface area contributed by atoms with Crippen molar-refractivity contribution in [2.24, 2.45) is 0 Å². The second-order valence-corrected chi connectivity index (χ2v) is 3.70. The first kappa shape index (κ1) is 10.9. The molecule has 0 heterocycles. The normalized spacial score (nSPS) is 31.6. The molecule has 1 unspecified atom stereocenters. The standard InChI is InChI=1S/C9H19NO3/c11-6-7(12)5-10-8-3-1-2-4-9(8)13/h7-13H,1-6H2/t7?,8-,9-/m1/s1. The Kier molecular flexibility index (Phi) is 4.66. The summed E-state index contributed by atoms with van der Waals surface area (Å²) in [6, 6.07) is 0.0925. The van der Waals surface area contributed by atoms with E-state index in [9.17, 15) is 5.11 Å². The molecule has 1 fully saturated rings. The van der Waals surface area contributed by atoms with E-state index in [4.69, 9.17) is 10.2 Å². The molecule has 1 rings (SSSR count). The molecule has 0 saturated heterocycles. The van der Waals surface area contributed by atoms with E-state index >= 15 is 0 Å². The van der Waals surface area contributed by atoms with Crippen LogP contribution in [-0.2, 0) is 0 Å². The van der Waals surface area contributed by atoms with E-state index in [1.54, 1.807) is 0 Å². The summed E-state index contributed by atoms with van der Waals surface area (Å²) in [5.74, 6) is 0. The Morgan fingerprint density at radius 2 is 2.00 bits per heavy atom. The fraction of sp³-hybridized carbons (Fsp3) is 1.00. The molecule has 1 aliphatic carbocycles. The smallest absolute Gasteiger partial charge is 0.0895 e. The molecule has 0 aromatic rings. The van der Waals surface area contributed by atoms with Gasteiger partial charge >= 0.3 is 0 Å². The van der Waals surface area contributed by atoms with Crippen LogP contribution in [0.15, 0.2) is 0 Å². The quantitative estimate of drug-likeness (QED) is 0.469. The predicted octanol–water partition coefficient (Wildman–Crippen LogP) is -0.767. The number of aliphatic hydroxyl groups is 3. The van der Waals surface area contributed by atoms with Gasteiger partial charge in [0.25, 0.3) is 0 Å². The molecular weight excluding hydrogens is 170 g/mol. The molecule has 0 aliphatic heterocycles. The van der Waals surface area contributed by atoms with Crippen molar-refractivity contribution in [3.05, 3.63) is 0 Å². The van der Waals surface area contributed by atoms with Crippen molar-refractivity contribution in [2.75, 3.05) is 13.2 Å². The second kappa shape index (κ2) is 5.54. The molecule has 0 spiro atoms. The third kappa shape index (κ3) is 3.60. The minimum absolute atomic E-state index is 0.0925. The fourth-order valence-electron chi connectivity index (χ4n) is 1.70. The zero-order chi connectivity index (χ0) is 9.68. The van der Waals surface area contributed by atoms with Crippen LogP contribution in [-0.4, -0.2) is 46.7 Å². The zero-order valence-corrected chi connectivity index (χ0v) is 7.82. The van der Waals surface area contributed by atoms with Gasteiger partial charge in [-0.3, -0.25) is 0 Å². The van der Waals surface area contributed by atoms with Crippen LogP contribution in [0.25, 0.3) is 0 Å². The van der Waals surface area contributed by atoms with Crippen molar-refractivity contribution in [2.45, 2.75) is 43.9 Å². The number of nitrogens with one attached hydrogen (secondary N) is 1. The summed E-state index contributed by atoms with van der Waals surface area (Å²) in [5, 5.41) is 30.3. The number of aliphatic hydroxyl groups excluding tert-OH is 3. The molecule has 4 heteroatoms. The minimum atomic E-state index is -0.714. The average molecular weight is 189 g/mol. The summed E-state index contributed by atoms with van der Waals surface area (Å²) in [5.41, 5.74) is 0. The first-order valence-electron chi connectivity index (χ1n) is 4.94. The summed E-state index contributed by atoms with van der Waals surface area (Å²) in [4.78, 5) is 0. The van der Waals surface area contributed by atoms with Crippen molar-refractivity contribution < 1.29 is 15.3 Å². The lowest BCUT2D eigenvalue weighted by atomic mass is 9.92. The highest BCUT2D eigenvalue weighted by atomic mass is 16.3. The van der Waals surface area contributed by atoms with E-state index in [-0.39, 0.29) is 18.8 Å². The molecule has 0 aromatic carbocycles. The van der Waals surface area contributed by atoms with Gasteiger partial charge in [0.1, 0.15) is 0 Å². The minimum Gasteiger partial charge on any atom is -0.394 e. The van der Waals surface area contributed by atoms with E-state index in [0.29, 0.717) is 6.54 Å². The third-order valence-electron chi connectivity index (χ3n) is 2.56. The van der Waals surface area contributed by atoms with Crippen LogP contribution in [0.5, 0.6) is 0 Å². The summed E-state index contributed by atoms with van der Waals surface area (Å²) in [7, 11) is 0. The molecule has 0 aromatic heterocycles. The van der Waals surface area contributed by atoms with E-state index < -0.39 is 6.10 Å². The number of hydrogen-bond donors (Lipinski definition) is 4. The molecule has 4 N–H and O–H groups in total. The van der Waals surface area contributed by atoms with Gasteiger partial charge in [-0.15, -0.1) is 0 Å². The summed E-state index contributed by atoms with van der Waals surface area (Å²) in [6.07, 6.45) is 3.01. The maximum Gasteiger partial charge on any atom is 0.0895 e. The van der Waals surface area contributed by atoms with Crippen molar-refractivity contribution in [1.29, 1.82) is 0 Å². The average Bonchev–Trinajstić information content (AvgIpc) is 2.16. The van der Waals surface area contributed by atoms with Gasteiger partial charge in [-0.1, -0.05) is 12.8 Å². The van der Waals surface area contributed by atoms with Gasteiger partial charge in [0.2, 0.25) is 0 Å². The summed E-state index contributed by atoms with van der Waals surface area (Å²) < 4.78 is 0. The maximum absolute atomic E-state index is 9.55. The van der Waals surface area contributed by atoms with Crippen molar-refractivity contribution >= 4 is 0 Å². The number of hydrogen-bond acceptors (Lipinski definition) is 4. The van der Waals surface area contributed by atoms with Gasteiger partial charge < -0.3 is 20.6 Å². The lowest BCUT2D eigenvalue weighted by Gasteiger charge is -2.29. The van der Waals surface area contributed by atoms with Gasteiger partial charge in [-0.2, -0.15) is 0 Å². The highest BCUT2D eigenvalue weighted by Gasteiger charge is 2.22. The highest BCUT2D eigenvalue weighted by molar-refractivity contribution is 4.80. The molecule has 0 radical (unpaired) electrons. The van der Waals surface area contributed by atoms with Crippen LogP contribution in [0.1, 0.15) is 25.7 Å². The second-order valence-electron chi connectivity index (χ2n) is 3.70. The Labute approximate surface area is 78.6 Å². The van der Waals surface area contributed by atoms with Crippen LogP contribution < -0.4 is 5.32 Å². The first-order chi connectivity index (χ1) is 6.24. The zero-order valence-electron chi connectivity index (χ0n) is 7.82. The third-order valence-corrected chi connectivity index (χ3v) is 2.56. The molecular formula is C9H19NO3. The Bertz CT molecular complexity index is 143. The van der Waals surface area contributed by atoms with Gasteiger partial charge in [0, 0.05) is 12.6 Å². The monoisotopic (exact) mass is 189 g/mol. The molecule has 1 saturated carbocycles. The van der Waals surface area contributed by atoms with Crippen molar-refractivity contribution in [1.82, 2.24) is 5.32 Å². The highest BCUT2D eigenvalue weighted by Crippen LogP contribution is 2.18. The Morgan fingerprint density at radius 3 is 2.62 bits per heavy atom. The molecule has 0 bridgehead atoms. The summed E-state index contributed by atoms with van der Waals surface area (Å²) in [6.45, 7) is 0.133. The van der Waals surface area contributed by atoms with Crippen LogP contribution in [0, 0.1) is 0 Å².